The van der Waals surface area contributed by atoms with Gasteiger partial charge in [0.1, 0.15) is 18.0 Å². The zero-order chi connectivity index (χ0) is 14.9. The second-order valence-corrected chi connectivity index (χ2v) is 4.18. The van der Waals surface area contributed by atoms with Gasteiger partial charge in [0.05, 0.1) is 6.61 Å². The fraction of sp³-hybridized carbons (Fsp3) is 0.556. The number of anilines is 1. The van der Waals surface area contributed by atoms with E-state index >= 15 is 0 Å². The monoisotopic (exact) mass is 284 g/mol. The van der Waals surface area contributed by atoms with Crippen molar-refractivity contribution in [3.63, 3.8) is 0 Å². The number of azide groups is 1. The molecule has 2 rings (SSSR count). The third kappa shape index (κ3) is 2.09. The normalized spacial score (nSPS) is 32.9. The summed E-state index contributed by atoms with van der Waals surface area (Å²) in [5, 5.41) is 32.2. The molecule has 11 nitrogen and oxygen atoms in total. The number of aromatic nitrogens is 2. The minimum Gasteiger partial charge on any atom is -0.393 e. The summed E-state index contributed by atoms with van der Waals surface area (Å²) in [5.74, 6) is -0.0252. The third-order valence-corrected chi connectivity index (χ3v) is 2.97. The number of aliphatic hydroxyl groups excluding tert-OH is 3. The summed E-state index contributed by atoms with van der Waals surface area (Å²) in [6, 6.07) is 1.29. The summed E-state index contributed by atoms with van der Waals surface area (Å²) in [7, 11) is 0. The number of hydrogen-bond acceptors (Lipinski definition) is 8. The molecule has 4 atom stereocenters. The predicted octanol–water partition coefficient (Wildman–Crippen LogP) is -1.92. The van der Waals surface area contributed by atoms with Crippen molar-refractivity contribution in [2.45, 2.75) is 24.2 Å². The summed E-state index contributed by atoms with van der Waals surface area (Å²) in [6.45, 7) is -0.872. The van der Waals surface area contributed by atoms with Gasteiger partial charge in [0.15, 0.2) is 6.23 Å². The van der Waals surface area contributed by atoms with Gasteiger partial charge in [0, 0.05) is 11.1 Å². The van der Waals surface area contributed by atoms with E-state index in [2.05, 4.69) is 15.0 Å². The number of ether oxygens (including phenoxy) is 1. The molecule has 1 aromatic rings. The van der Waals surface area contributed by atoms with E-state index in [0.717, 1.165) is 4.57 Å². The van der Waals surface area contributed by atoms with E-state index in [1.165, 1.54) is 12.3 Å². The highest BCUT2D eigenvalue weighted by molar-refractivity contribution is 5.23. The van der Waals surface area contributed by atoms with Crippen LogP contribution in [0.5, 0.6) is 0 Å². The first-order valence-corrected chi connectivity index (χ1v) is 5.51. The molecule has 0 radical (unpaired) electrons. The third-order valence-electron chi connectivity index (χ3n) is 2.97. The highest BCUT2D eigenvalue weighted by Crippen LogP contribution is 2.37. The van der Waals surface area contributed by atoms with Crippen molar-refractivity contribution in [2.24, 2.45) is 5.11 Å². The molecule has 1 saturated heterocycles. The second kappa shape index (κ2) is 5.07. The number of nitrogen functional groups attached to an aromatic ring is 1. The van der Waals surface area contributed by atoms with Crippen molar-refractivity contribution >= 4 is 5.82 Å². The quantitative estimate of drug-likeness (QED) is 0.283. The number of nitrogens with zero attached hydrogens (tertiary/aromatic N) is 5. The molecule has 0 spiro atoms. The molecule has 1 aromatic heterocycles. The summed E-state index contributed by atoms with van der Waals surface area (Å²) >= 11 is 0. The summed E-state index contributed by atoms with van der Waals surface area (Å²) in [6.07, 6.45) is -3.48. The fourth-order valence-corrected chi connectivity index (χ4v) is 1.93. The van der Waals surface area contributed by atoms with Crippen LogP contribution in [0.1, 0.15) is 6.23 Å². The Morgan fingerprint density at radius 1 is 1.65 bits per heavy atom. The zero-order valence-electron chi connectivity index (χ0n) is 10.1. The first-order chi connectivity index (χ1) is 9.45. The lowest BCUT2D eigenvalue weighted by atomic mass is 10.1. The van der Waals surface area contributed by atoms with Gasteiger partial charge >= 0.3 is 5.69 Å². The number of aliphatic hydroxyl groups is 3. The molecule has 1 fully saturated rings. The molecular formula is C9H12N6O5. The Bertz CT molecular complexity index is 613. The van der Waals surface area contributed by atoms with Crippen LogP contribution in [-0.4, -0.2) is 49.4 Å². The van der Waals surface area contributed by atoms with Crippen molar-refractivity contribution in [1.82, 2.24) is 9.55 Å². The molecule has 20 heavy (non-hydrogen) atoms. The van der Waals surface area contributed by atoms with Gasteiger partial charge in [0.2, 0.25) is 5.72 Å². The van der Waals surface area contributed by atoms with E-state index in [4.69, 9.17) is 16.0 Å². The second-order valence-electron chi connectivity index (χ2n) is 4.18. The Kier molecular flexibility index (Phi) is 3.61. The molecule has 1 aliphatic heterocycles. The van der Waals surface area contributed by atoms with Crippen LogP contribution in [0, 0.1) is 0 Å². The van der Waals surface area contributed by atoms with Gasteiger partial charge in [-0.2, -0.15) is 4.98 Å². The van der Waals surface area contributed by atoms with Crippen LogP contribution in [0.2, 0.25) is 0 Å². The largest absolute Gasteiger partial charge is 0.393 e. The van der Waals surface area contributed by atoms with Crippen molar-refractivity contribution in [2.75, 3.05) is 12.3 Å². The first kappa shape index (κ1) is 14.2. The fourth-order valence-electron chi connectivity index (χ4n) is 1.93. The molecule has 0 aliphatic carbocycles. The van der Waals surface area contributed by atoms with Crippen molar-refractivity contribution < 1.29 is 20.1 Å². The molecule has 0 bridgehead atoms. The van der Waals surface area contributed by atoms with Gasteiger partial charge in [-0.25, -0.2) is 4.79 Å². The van der Waals surface area contributed by atoms with Crippen molar-refractivity contribution in [3.8, 4) is 0 Å². The SMILES string of the molecule is [N-]=[N+]=N[C@]1(CO)O[C@H](n2ccc(N)nc2=O)[C@@H](O)[C@@H]1O. The summed E-state index contributed by atoms with van der Waals surface area (Å²) in [5.41, 5.74) is 10.9. The molecule has 0 amide bonds. The average molecular weight is 284 g/mol. The van der Waals surface area contributed by atoms with Crippen LogP contribution >= 0.6 is 0 Å². The minimum absolute atomic E-state index is 0.0252. The van der Waals surface area contributed by atoms with Crippen LogP contribution in [0.15, 0.2) is 22.2 Å². The van der Waals surface area contributed by atoms with E-state index in [0.29, 0.717) is 0 Å². The molecule has 108 valence electrons. The lowest BCUT2D eigenvalue weighted by Crippen LogP contribution is -2.44. The maximum absolute atomic E-state index is 11.7. The predicted molar refractivity (Wildman–Crippen MR) is 64.0 cm³/mol. The standard InChI is InChI=1S/C9H12N6O5/c10-4-1-2-15(8(19)12-4)7-5(17)6(18)9(3-16,20-7)13-14-11/h1-2,5-7,16-18H,3H2,(H2,10,12,19)/t5-,6-,7-,9+/m0/s1. The van der Waals surface area contributed by atoms with Crippen molar-refractivity contribution in [1.29, 1.82) is 0 Å². The van der Waals surface area contributed by atoms with Gasteiger partial charge in [0.25, 0.3) is 0 Å². The topological polar surface area (TPSA) is 180 Å². The summed E-state index contributed by atoms with van der Waals surface area (Å²) < 4.78 is 6.05. The molecule has 2 heterocycles. The number of rotatable bonds is 3. The number of hydrogen-bond donors (Lipinski definition) is 4. The van der Waals surface area contributed by atoms with E-state index in [1.54, 1.807) is 0 Å². The Morgan fingerprint density at radius 3 is 2.90 bits per heavy atom. The Morgan fingerprint density at radius 2 is 2.35 bits per heavy atom. The van der Waals surface area contributed by atoms with Gasteiger partial charge in [-0.3, -0.25) is 4.57 Å². The first-order valence-electron chi connectivity index (χ1n) is 5.51. The molecule has 11 heteroatoms. The molecule has 0 unspecified atom stereocenters. The molecule has 1 aliphatic rings. The van der Waals surface area contributed by atoms with Crippen LogP contribution in [0.3, 0.4) is 0 Å². The van der Waals surface area contributed by atoms with Crippen LogP contribution < -0.4 is 11.4 Å². The smallest absolute Gasteiger partial charge is 0.351 e. The van der Waals surface area contributed by atoms with Gasteiger partial charge in [-0.1, -0.05) is 5.11 Å². The van der Waals surface area contributed by atoms with E-state index < -0.39 is 36.5 Å². The lowest BCUT2D eigenvalue weighted by molar-refractivity contribution is -0.125. The maximum atomic E-state index is 11.7. The number of nitrogens with two attached hydrogens (primary N) is 1. The highest BCUT2D eigenvalue weighted by atomic mass is 16.6. The molecule has 0 aromatic carbocycles. The lowest BCUT2D eigenvalue weighted by Gasteiger charge is -2.23. The van der Waals surface area contributed by atoms with Crippen LogP contribution in [-0.2, 0) is 4.74 Å². The molecule has 5 N–H and O–H groups in total. The zero-order valence-corrected chi connectivity index (χ0v) is 10.1. The Balaban J connectivity index is 2.45. The van der Waals surface area contributed by atoms with E-state index in [-0.39, 0.29) is 5.82 Å². The molecule has 0 saturated carbocycles. The van der Waals surface area contributed by atoms with Crippen LogP contribution in [0.4, 0.5) is 5.82 Å². The Hall–Kier alpha value is -2.17. The minimum atomic E-state index is -2.07. The van der Waals surface area contributed by atoms with Crippen molar-refractivity contribution in [3.05, 3.63) is 33.2 Å². The molecular weight excluding hydrogens is 272 g/mol. The highest BCUT2D eigenvalue weighted by Gasteiger charge is 2.54. The van der Waals surface area contributed by atoms with Gasteiger partial charge < -0.3 is 25.8 Å². The van der Waals surface area contributed by atoms with E-state index in [1.807, 2.05) is 0 Å². The van der Waals surface area contributed by atoms with Gasteiger partial charge in [-0.15, -0.1) is 0 Å². The van der Waals surface area contributed by atoms with Gasteiger partial charge in [-0.05, 0) is 11.6 Å². The van der Waals surface area contributed by atoms with E-state index in [9.17, 15) is 20.1 Å². The van der Waals surface area contributed by atoms with Crippen LogP contribution in [0.25, 0.3) is 10.4 Å². The Labute approximate surface area is 111 Å². The average Bonchev–Trinajstić information content (AvgIpc) is 2.65. The maximum Gasteiger partial charge on any atom is 0.351 e. The summed E-state index contributed by atoms with van der Waals surface area (Å²) in [4.78, 5) is 17.6.